The number of aliphatic hydroxyl groups excluding tert-OH is 1. The van der Waals surface area contributed by atoms with Gasteiger partial charge in [-0.3, -0.25) is 0 Å². The van der Waals surface area contributed by atoms with E-state index in [0.717, 1.165) is 0 Å². The number of hydrogen-bond donors (Lipinski definition) is 1. The SMILES string of the molecule is C[C@@H]1[C@H](O)[C@H]2[C@@H]1C(C)(C)S2(=O)=O. The van der Waals surface area contributed by atoms with Gasteiger partial charge in [-0.05, 0) is 19.8 Å². The third-order valence-electron chi connectivity index (χ3n) is 3.69. The molecule has 0 aromatic heterocycles. The summed E-state index contributed by atoms with van der Waals surface area (Å²) < 4.78 is 22.5. The molecule has 1 saturated carbocycles. The Morgan fingerprint density at radius 3 is 2.25 bits per heavy atom. The minimum Gasteiger partial charge on any atom is -0.391 e. The molecule has 70 valence electrons. The second kappa shape index (κ2) is 1.87. The van der Waals surface area contributed by atoms with Crippen molar-refractivity contribution in [3.05, 3.63) is 0 Å². The van der Waals surface area contributed by atoms with Crippen molar-refractivity contribution < 1.29 is 13.5 Å². The topological polar surface area (TPSA) is 54.4 Å². The predicted octanol–water partition coefficient (Wildman–Crippen LogP) is 0.189. The average Bonchev–Trinajstić information content (AvgIpc) is 1.96. The number of fused-ring (bicyclic) bond motifs is 1. The maximum absolute atomic E-state index is 11.5. The monoisotopic (exact) mass is 190 g/mol. The van der Waals surface area contributed by atoms with Crippen LogP contribution in [-0.4, -0.2) is 29.6 Å². The maximum Gasteiger partial charge on any atom is 0.161 e. The summed E-state index contributed by atoms with van der Waals surface area (Å²) in [6.07, 6.45) is -0.618. The molecular formula is C8H14O3S. The van der Waals surface area contributed by atoms with Gasteiger partial charge in [-0.2, -0.15) is 0 Å². The van der Waals surface area contributed by atoms with Gasteiger partial charge >= 0.3 is 0 Å². The van der Waals surface area contributed by atoms with Crippen molar-refractivity contribution in [2.75, 3.05) is 0 Å². The van der Waals surface area contributed by atoms with E-state index < -0.39 is 25.9 Å². The quantitative estimate of drug-likeness (QED) is 0.593. The fraction of sp³-hybridized carbons (Fsp3) is 1.00. The van der Waals surface area contributed by atoms with Crippen LogP contribution < -0.4 is 0 Å². The Bertz CT molecular complexity index is 317. The van der Waals surface area contributed by atoms with Crippen LogP contribution in [0.1, 0.15) is 20.8 Å². The highest BCUT2D eigenvalue weighted by Gasteiger charge is 2.73. The van der Waals surface area contributed by atoms with Crippen LogP contribution in [0.4, 0.5) is 0 Å². The molecule has 1 aliphatic carbocycles. The standard InChI is InChI=1S/C8H14O3S/c1-4-5-7(6(4)9)12(10,11)8(5,2)3/h4-7,9H,1-3H3/t4-,5+,6-,7+/m0/s1. The number of sulfone groups is 1. The highest BCUT2D eigenvalue weighted by Crippen LogP contribution is 2.59. The van der Waals surface area contributed by atoms with E-state index in [4.69, 9.17) is 0 Å². The summed E-state index contributed by atoms with van der Waals surface area (Å²) in [6.45, 7) is 5.43. The first-order valence-electron chi connectivity index (χ1n) is 4.23. The van der Waals surface area contributed by atoms with E-state index in [9.17, 15) is 13.5 Å². The van der Waals surface area contributed by atoms with Gasteiger partial charge in [0.1, 0.15) is 0 Å². The molecule has 1 heterocycles. The number of rotatable bonds is 0. The summed E-state index contributed by atoms with van der Waals surface area (Å²) >= 11 is 0. The van der Waals surface area contributed by atoms with E-state index in [1.54, 1.807) is 13.8 Å². The van der Waals surface area contributed by atoms with Crippen molar-refractivity contribution in [2.24, 2.45) is 11.8 Å². The Morgan fingerprint density at radius 2 is 1.83 bits per heavy atom. The third kappa shape index (κ3) is 0.577. The minimum atomic E-state index is -3.03. The van der Waals surface area contributed by atoms with E-state index >= 15 is 0 Å². The molecule has 2 rings (SSSR count). The van der Waals surface area contributed by atoms with Gasteiger partial charge < -0.3 is 5.11 Å². The van der Waals surface area contributed by atoms with E-state index in [-0.39, 0.29) is 11.8 Å². The normalized spacial score (nSPS) is 53.3. The van der Waals surface area contributed by atoms with Crippen LogP contribution in [0.2, 0.25) is 0 Å². The Morgan fingerprint density at radius 1 is 1.33 bits per heavy atom. The lowest BCUT2D eigenvalue weighted by Crippen LogP contribution is -2.78. The van der Waals surface area contributed by atoms with E-state index in [0.29, 0.717) is 0 Å². The lowest BCUT2D eigenvalue weighted by molar-refractivity contribution is -0.0531. The van der Waals surface area contributed by atoms with Gasteiger partial charge in [0.05, 0.1) is 16.1 Å². The number of aliphatic hydroxyl groups is 1. The Labute approximate surface area is 72.7 Å². The molecule has 1 N–H and O–H groups in total. The second-order valence-electron chi connectivity index (χ2n) is 4.49. The molecule has 1 aliphatic heterocycles. The van der Waals surface area contributed by atoms with Crippen LogP contribution in [0.3, 0.4) is 0 Å². The van der Waals surface area contributed by atoms with Crippen LogP contribution in [0.5, 0.6) is 0 Å². The molecule has 2 fully saturated rings. The van der Waals surface area contributed by atoms with E-state index in [2.05, 4.69) is 0 Å². The van der Waals surface area contributed by atoms with Crippen molar-refractivity contribution in [3.8, 4) is 0 Å². The zero-order valence-corrected chi connectivity index (χ0v) is 8.30. The molecule has 0 aromatic carbocycles. The zero-order valence-electron chi connectivity index (χ0n) is 7.48. The van der Waals surface area contributed by atoms with Gasteiger partial charge in [-0.25, -0.2) is 8.42 Å². The highest BCUT2D eigenvalue weighted by atomic mass is 32.2. The fourth-order valence-electron chi connectivity index (χ4n) is 2.75. The largest absolute Gasteiger partial charge is 0.391 e. The summed E-state index contributed by atoms with van der Waals surface area (Å²) in [5.41, 5.74) is 0. The van der Waals surface area contributed by atoms with Gasteiger partial charge in [0, 0.05) is 5.92 Å². The van der Waals surface area contributed by atoms with Crippen molar-refractivity contribution in [3.63, 3.8) is 0 Å². The van der Waals surface area contributed by atoms with Crippen LogP contribution in [0, 0.1) is 11.8 Å². The summed E-state index contributed by atoms with van der Waals surface area (Å²) in [5, 5.41) is 8.94. The second-order valence-corrected chi connectivity index (χ2v) is 7.18. The molecule has 0 bridgehead atoms. The molecule has 0 amide bonds. The molecule has 4 atom stereocenters. The molecule has 0 radical (unpaired) electrons. The highest BCUT2D eigenvalue weighted by molar-refractivity contribution is 7.95. The fourth-order valence-corrected chi connectivity index (χ4v) is 5.56. The summed E-state index contributed by atoms with van der Waals surface area (Å²) in [6, 6.07) is 0. The summed E-state index contributed by atoms with van der Waals surface area (Å²) in [4.78, 5) is 0. The summed E-state index contributed by atoms with van der Waals surface area (Å²) in [5.74, 6) is 0.325. The molecule has 1 saturated heterocycles. The summed E-state index contributed by atoms with van der Waals surface area (Å²) in [7, 11) is -3.03. The molecule has 0 unspecified atom stereocenters. The Balaban J connectivity index is 2.38. The van der Waals surface area contributed by atoms with Crippen molar-refractivity contribution in [1.82, 2.24) is 0 Å². The lowest BCUT2D eigenvalue weighted by Gasteiger charge is -2.63. The van der Waals surface area contributed by atoms with Crippen LogP contribution in [0.15, 0.2) is 0 Å². The van der Waals surface area contributed by atoms with Crippen LogP contribution in [-0.2, 0) is 9.84 Å². The van der Waals surface area contributed by atoms with Crippen LogP contribution in [0.25, 0.3) is 0 Å². The zero-order chi connectivity index (χ0) is 9.31. The Hall–Kier alpha value is -0.0900. The van der Waals surface area contributed by atoms with E-state index in [1.165, 1.54) is 0 Å². The molecule has 3 nitrogen and oxygen atoms in total. The van der Waals surface area contributed by atoms with Crippen LogP contribution >= 0.6 is 0 Å². The van der Waals surface area contributed by atoms with Crippen molar-refractivity contribution >= 4 is 9.84 Å². The van der Waals surface area contributed by atoms with Crippen molar-refractivity contribution in [1.29, 1.82) is 0 Å². The molecule has 12 heavy (non-hydrogen) atoms. The third-order valence-corrected chi connectivity index (χ3v) is 6.72. The molecule has 0 aromatic rings. The number of hydrogen-bond acceptors (Lipinski definition) is 3. The molecule has 2 aliphatic rings. The maximum atomic E-state index is 11.5. The molecule has 0 spiro atoms. The van der Waals surface area contributed by atoms with Gasteiger partial charge in [0.15, 0.2) is 9.84 Å². The average molecular weight is 190 g/mol. The first kappa shape index (κ1) is 8.51. The molecular weight excluding hydrogens is 176 g/mol. The first-order valence-corrected chi connectivity index (χ1v) is 5.78. The van der Waals surface area contributed by atoms with Gasteiger partial charge in [0.2, 0.25) is 0 Å². The van der Waals surface area contributed by atoms with E-state index in [1.807, 2.05) is 6.92 Å². The van der Waals surface area contributed by atoms with Gasteiger partial charge in [-0.15, -0.1) is 0 Å². The van der Waals surface area contributed by atoms with Gasteiger partial charge in [0.25, 0.3) is 0 Å². The lowest BCUT2D eigenvalue weighted by atomic mass is 9.64. The predicted molar refractivity (Wildman–Crippen MR) is 45.4 cm³/mol. The van der Waals surface area contributed by atoms with Crippen molar-refractivity contribution in [2.45, 2.75) is 36.9 Å². The first-order chi connectivity index (χ1) is 5.32. The van der Waals surface area contributed by atoms with Gasteiger partial charge in [-0.1, -0.05) is 6.92 Å². The smallest absolute Gasteiger partial charge is 0.161 e. The Kier molecular flexibility index (Phi) is 1.33. The minimum absolute atomic E-state index is 0.147. The molecule has 4 heteroatoms.